The second kappa shape index (κ2) is 8.14. The number of carbonyl (C=O) groups excluding carboxylic acids is 1. The fourth-order valence-corrected chi connectivity index (χ4v) is 3.15. The van der Waals surface area contributed by atoms with Crippen LogP contribution in [-0.4, -0.2) is 34.1 Å². The zero-order valence-corrected chi connectivity index (χ0v) is 16.3. The Morgan fingerprint density at radius 1 is 1.03 bits per heavy atom. The van der Waals surface area contributed by atoms with Gasteiger partial charge in [-0.1, -0.05) is 71.9 Å². The molecule has 0 radical (unpaired) electrons. The number of amides is 1. The van der Waals surface area contributed by atoms with Gasteiger partial charge in [0.1, 0.15) is 5.75 Å². The van der Waals surface area contributed by atoms with Crippen LogP contribution in [-0.2, 0) is 11.3 Å². The van der Waals surface area contributed by atoms with E-state index < -0.39 is 6.10 Å². The van der Waals surface area contributed by atoms with Crippen LogP contribution >= 0.6 is 0 Å². The Labute approximate surface area is 168 Å². The number of likely N-dealkylation sites (N-methyl/N-ethyl adjacent to an activating group) is 1. The normalized spacial score (nSPS) is 11.9. The molecule has 0 fully saturated rings. The molecular formula is C23H21N3O3. The molecule has 3 aromatic carbocycles. The molecule has 0 saturated carbocycles. The summed E-state index contributed by atoms with van der Waals surface area (Å²) < 4.78 is 11.3. The molecule has 0 N–H and O–H groups in total. The van der Waals surface area contributed by atoms with Gasteiger partial charge < -0.3 is 14.2 Å². The average molecular weight is 387 g/mol. The van der Waals surface area contributed by atoms with Crippen molar-refractivity contribution in [2.24, 2.45) is 0 Å². The van der Waals surface area contributed by atoms with E-state index in [1.165, 1.54) is 4.90 Å². The fraction of sp³-hybridized carbons (Fsp3) is 0.174. The molecule has 1 amide bonds. The van der Waals surface area contributed by atoms with Gasteiger partial charge in [-0.15, -0.1) is 0 Å². The fourth-order valence-electron chi connectivity index (χ4n) is 3.15. The minimum Gasteiger partial charge on any atom is -0.480 e. The number of benzene rings is 3. The number of hydrogen-bond acceptors (Lipinski definition) is 5. The molecule has 146 valence electrons. The lowest BCUT2D eigenvalue weighted by atomic mass is 10.1. The molecule has 0 bridgehead atoms. The van der Waals surface area contributed by atoms with Gasteiger partial charge in [-0.3, -0.25) is 4.79 Å². The maximum absolute atomic E-state index is 12.8. The first kappa shape index (κ1) is 18.7. The maximum atomic E-state index is 12.8. The van der Waals surface area contributed by atoms with Crippen LogP contribution in [0.5, 0.6) is 5.75 Å². The van der Waals surface area contributed by atoms with Crippen molar-refractivity contribution in [2.75, 3.05) is 7.05 Å². The zero-order chi connectivity index (χ0) is 20.2. The van der Waals surface area contributed by atoms with E-state index in [-0.39, 0.29) is 12.5 Å². The molecule has 0 unspecified atom stereocenters. The van der Waals surface area contributed by atoms with E-state index in [0.29, 0.717) is 17.5 Å². The van der Waals surface area contributed by atoms with Crippen molar-refractivity contribution in [3.05, 3.63) is 78.7 Å². The van der Waals surface area contributed by atoms with Crippen LogP contribution in [0.1, 0.15) is 12.8 Å². The molecule has 1 atom stereocenters. The summed E-state index contributed by atoms with van der Waals surface area (Å²) in [6.45, 7) is 1.95. The minimum atomic E-state index is -0.651. The van der Waals surface area contributed by atoms with Crippen molar-refractivity contribution in [3.63, 3.8) is 0 Å². The first-order valence-electron chi connectivity index (χ1n) is 9.39. The van der Waals surface area contributed by atoms with E-state index in [0.717, 1.165) is 16.3 Å². The lowest BCUT2D eigenvalue weighted by molar-refractivity contribution is -0.137. The van der Waals surface area contributed by atoms with Crippen LogP contribution in [0.2, 0.25) is 0 Å². The summed E-state index contributed by atoms with van der Waals surface area (Å²) in [4.78, 5) is 18.7. The van der Waals surface area contributed by atoms with Crippen molar-refractivity contribution < 1.29 is 14.1 Å². The van der Waals surface area contributed by atoms with Crippen molar-refractivity contribution in [1.82, 2.24) is 15.0 Å². The number of hydrogen-bond donors (Lipinski definition) is 0. The average Bonchev–Trinajstić information content (AvgIpc) is 3.22. The summed E-state index contributed by atoms with van der Waals surface area (Å²) in [5.74, 6) is 1.39. The quantitative estimate of drug-likeness (QED) is 0.493. The number of ether oxygens (including phenoxy) is 1. The van der Waals surface area contributed by atoms with Crippen molar-refractivity contribution in [2.45, 2.75) is 19.6 Å². The van der Waals surface area contributed by atoms with Gasteiger partial charge in [0.05, 0.1) is 6.54 Å². The van der Waals surface area contributed by atoms with E-state index in [9.17, 15) is 4.79 Å². The topological polar surface area (TPSA) is 68.5 Å². The Kier molecular flexibility index (Phi) is 5.24. The second-order valence-electron chi connectivity index (χ2n) is 6.81. The van der Waals surface area contributed by atoms with Gasteiger partial charge in [-0.05, 0) is 18.4 Å². The lowest BCUT2D eigenvalue weighted by Crippen LogP contribution is -2.37. The summed E-state index contributed by atoms with van der Waals surface area (Å²) in [5.41, 5.74) is 0.865. The molecule has 1 aromatic heterocycles. The van der Waals surface area contributed by atoms with Gasteiger partial charge >= 0.3 is 0 Å². The van der Waals surface area contributed by atoms with E-state index in [1.807, 2.05) is 72.8 Å². The summed E-state index contributed by atoms with van der Waals surface area (Å²) in [6, 6.07) is 23.3. The van der Waals surface area contributed by atoms with Gasteiger partial charge in [-0.2, -0.15) is 4.98 Å². The van der Waals surface area contributed by atoms with Gasteiger partial charge in [0.2, 0.25) is 11.7 Å². The molecule has 4 rings (SSSR count). The van der Waals surface area contributed by atoms with Crippen LogP contribution in [0, 0.1) is 0 Å². The Morgan fingerprint density at radius 2 is 1.76 bits per heavy atom. The Bertz CT molecular complexity index is 1120. The maximum Gasteiger partial charge on any atom is 0.263 e. The highest BCUT2D eigenvalue weighted by molar-refractivity contribution is 5.89. The van der Waals surface area contributed by atoms with Crippen LogP contribution in [0.15, 0.2) is 77.3 Å². The van der Waals surface area contributed by atoms with Gasteiger partial charge in [-0.25, -0.2) is 0 Å². The van der Waals surface area contributed by atoms with Gasteiger partial charge in [0.15, 0.2) is 6.10 Å². The third-order valence-corrected chi connectivity index (χ3v) is 4.65. The SMILES string of the molecule is C[C@H](Oc1cccc2ccccc12)C(=O)N(C)Cc1nc(-c2ccccc2)no1. The number of aromatic nitrogens is 2. The smallest absolute Gasteiger partial charge is 0.263 e. The molecule has 0 aliphatic heterocycles. The molecule has 0 saturated heterocycles. The largest absolute Gasteiger partial charge is 0.480 e. The van der Waals surface area contributed by atoms with Crippen LogP contribution in [0.25, 0.3) is 22.2 Å². The van der Waals surface area contributed by atoms with Crippen LogP contribution < -0.4 is 4.74 Å². The third kappa shape index (κ3) is 4.11. The van der Waals surface area contributed by atoms with Crippen molar-refractivity contribution in [1.29, 1.82) is 0 Å². The third-order valence-electron chi connectivity index (χ3n) is 4.65. The molecular weight excluding hydrogens is 366 g/mol. The molecule has 4 aromatic rings. The van der Waals surface area contributed by atoms with E-state index in [4.69, 9.17) is 9.26 Å². The molecule has 0 aliphatic carbocycles. The van der Waals surface area contributed by atoms with Gasteiger partial charge in [0.25, 0.3) is 5.91 Å². The Hall–Kier alpha value is -3.67. The minimum absolute atomic E-state index is 0.169. The molecule has 0 spiro atoms. The van der Waals surface area contributed by atoms with E-state index in [1.54, 1.807) is 14.0 Å². The Balaban J connectivity index is 1.43. The second-order valence-corrected chi connectivity index (χ2v) is 6.81. The first-order valence-corrected chi connectivity index (χ1v) is 9.39. The summed E-state index contributed by atoms with van der Waals surface area (Å²) >= 11 is 0. The summed E-state index contributed by atoms with van der Waals surface area (Å²) in [5, 5.41) is 6.03. The summed E-state index contributed by atoms with van der Waals surface area (Å²) in [6.07, 6.45) is -0.651. The van der Waals surface area contributed by atoms with Crippen molar-refractivity contribution in [3.8, 4) is 17.1 Å². The van der Waals surface area contributed by atoms with E-state index >= 15 is 0 Å². The molecule has 6 heteroatoms. The monoisotopic (exact) mass is 387 g/mol. The Morgan fingerprint density at radius 3 is 2.59 bits per heavy atom. The zero-order valence-electron chi connectivity index (χ0n) is 16.3. The standard InChI is InChI=1S/C23H21N3O3/c1-16(28-20-14-8-12-17-9-6-7-13-19(17)20)23(27)26(2)15-21-24-22(25-29-21)18-10-4-3-5-11-18/h3-14,16H,15H2,1-2H3/t16-/m0/s1. The highest BCUT2D eigenvalue weighted by Gasteiger charge is 2.22. The first-order chi connectivity index (χ1) is 14.1. The number of fused-ring (bicyclic) bond motifs is 1. The molecule has 6 nitrogen and oxygen atoms in total. The number of rotatable bonds is 6. The number of nitrogens with zero attached hydrogens (tertiary/aromatic N) is 3. The number of carbonyl (C=O) groups is 1. The predicted molar refractivity (Wildman–Crippen MR) is 110 cm³/mol. The van der Waals surface area contributed by atoms with Crippen LogP contribution in [0.3, 0.4) is 0 Å². The van der Waals surface area contributed by atoms with E-state index in [2.05, 4.69) is 10.1 Å². The molecule has 29 heavy (non-hydrogen) atoms. The highest BCUT2D eigenvalue weighted by atomic mass is 16.5. The van der Waals surface area contributed by atoms with Crippen LogP contribution in [0.4, 0.5) is 0 Å². The lowest BCUT2D eigenvalue weighted by Gasteiger charge is -2.21. The molecule has 1 heterocycles. The molecule has 0 aliphatic rings. The highest BCUT2D eigenvalue weighted by Crippen LogP contribution is 2.26. The van der Waals surface area contributed by atoms with Gasteiger partial charge in [0, 0.05) is 18.0 Å². The predicted octanol–water partition coefficient (Wildman–Crippen LogP) is 4.32. The van der Waals surface area contributed by atoms with Crippen molar-refractivity contribution >= 4 is 16.7 Å². The summed E-state index contributed by atoms with van der Waals surface area (Å²) in [7, 11) is 1.69.